The maximum Gasteiger partial charge on any atom is 0.262 e. The van der Waals surface area contributed by atoms with Gasteiger partial charge >= 0.3 is 0 Å². The SMILES string of the molecule is Cc1ccc(C)c(OCC(=O)Nc2cc(S(=O)(=O)N3CCCC3)ccc2O)c1. The Bertz CT molecular complexity index is 982. The third kappa shape index (κ3) is 4.45. The molecule has 8 heteroatoms. The second kappa shape index (κ2) is 8.20. The van der Waals surface area contributed by atoms with Gasteiger partial charge in [0.2, 0.25) is 10.0 Å². The molecule has 1 heterocycles. The fourth-order valence-corrected chi connectivity index (χ4v) is 4.59. The van der Waals surface area contributed by atoms with Crippen molar-refractivity contribution in [2.75, 3.05) is 25.0 Å². The van der Waals surface area contributed by atoms with Crippen LogP contribution in [0.15, 0.2) is 41.3 Å². The van der Waals surface area contributed by atoms with Crippen molar-refractivity contribution in [1.82, 2.24) is 4.31 Å². The normalized spacial score (nSPS) is 14.8. The van der Waals surface area contributed by atoms with Crippen LogP contribution in [-0.2, 0) is 14.8 Å². The lowest BCUT2D eigenvalue weighted by molar-refractivity contribution is -0.118. The molecule has 1 saturated heterocycles. The van der Waals surface area contributed by atoms with E-state index in [1.807, 2.05) is 32.0 Å². The maximum atomic E-state index is 12.7. The number of amides is 1. The fourth-order valence-electron chi connectivity index (χ4n) is 3.05. The first-order valence-electron chi connectivity index (χ1n) is 9.10. The Morgan fingerprint density at radius 3 is 2.57 bits per heavy atom. The van der Waals surface area contributed by atoms with E-state index in [4.69, 9.17) is 4.74 Å². The summed E-state index contributed by atoms with van der Waals surface area (Å²) in [4.78, 5) is 12.3. The summed E-state index contributed by atoms with van der Waals surface area (Å²) in [5, 5.41) is 12.5. The third-order valence-electron chi connectivity index (χ3n) is 4.65. The number of sulfonamides is 1. The lowest BCUT2D eigenvalue weighted by atomic mass is 10.1. The van der Waals surface area contributed by atoms with E-state index in [0.29, 0.717) is 18.8 Å². The minimum absolute atomic E-state index is 0.0369. The molecule has 1 aliphatic rings. The molecule has 0 atom stereocenters. The Morgan fingerprint density at radius 1 is 1.14 bits per heavy atom. The van der Waals surface area contributed by atoms with E-state index in [1.54, 1.807) is 0 Å². The Labute approximate surface area is 165 Å². The number of nitrogens with zero attached hydrogens (tertiary/aromatic N) is 1. The Kier molecular flexibility index (Phi) is 5.90. The number of phenols is 1. The van der Waals surface area contributed by atoms with Crippen molar-refractivity contribution >= 4 is 21.6 Å². The molecule has 1 aliphatic heterocycles. The highest BCUT2D eigenvalue weighted by atomic mass is 32.2. The topological polar surface area (TPSA) is 95.9 Å². The average Bonchev–Trinajstić information content (AvgIpc) is 3.20. The molecular formula is C20H24N2O5S. The molecule has 1 fully saturated rings. The van der Waals surface area contributed by atoms with Crippen molar-refractivity contribution in [1.29, 1.82) is 0 Å². The van der Waals surface area contributed by atoms with Crippen LogP contribution in [0, 0.1) is 13.8 Å². The fraction of sp³-hybridized carbons (Fsp3) is 0.350. The smallest absolute Gasteiger partial charge is 0.262 e. The summed E-state index contributed by atoms with van der Waals surface area (Å²) in [5.41, 5.74) is 1.95. The lowest BCUT2D eigenvalue weighted by Crippen LogP contribution is -2.28. The van der Waals surface area contributed by atoms with Gasteiger partial charge in [-0.3, -0.25) is 4.79 Å². The first-order valence-corrected chi connectivity index (χ1v) is 10.5. The average molecular weight is 404 g/mol. The summed E-state index contributed by atoms with van der Waals surface area (Å²) in [7, 11) is -3.64. The van der Waals surface area contributed by atoms with E-state index in [0.717, 1.165) is 24.0 Å². The first kappa shape index (κ1) is 20.2. The van der Waals surface area contributed by atoms with Crippen molar-refractivity contribution in [3.63, 3.8) is 0 Å². The van der Waals surface area contributed by atoms with E-state index in [-0.39, 0.29) is 22.9 Å². The molecule has 0 bridgehead atoms. The zero-order valence-corrected chi connectivity index (χ0v) is 16.8. The number of carbonyl (C=O) groups is 1. The van der Waals surface area contributed by atoms with Crippen LogP contribution >= 0.6 is 0 Å². The van der Waals surface area contributed by atoms with Gasteiger partial charge in [-0.1, -0.05) is 12.1 Å². The Balaban J connectivity index is 1.71. The molecule has 3 rings (SSSR count). The van der Waals surface area contributed by atoms with Gasteiger partial charge in [-0.05, 0) is 62.1 Å². The standard InChI is InChI=1S/C20H24N2O5S/c1-14-5-6-15(2)19(11-14)27-13-20(24)21-17-12-16(7-8-18(17)23)28(25,26)22-9-3-4-10-22/h5-8,11-12,23H,3-4,9-10,13H2,1-2H3,(H,21,24). The van der Waals surface area contributed by atoms with Gasteiger partial charge in [0.05, 0.1) is 10.6 Å². The molecule has 2 N–H and O–H groups in total. The summed E-state index contributed by atoms with van der Waals surface area (Å²) in [5.74, 6) is -0.0999. The van der Waals surface area contributed by atoms with Crippen molar-refractivity contribution < 1.29 is 23.1 Å². The van der Waals surface area contributed by atoms with Crippen molar-refractivity contribution in [2.24, 2.45) is 0 Å². The Morgan fingerprint density at radius 2 is 1.86 bits per heavy atom. The number of aromatic hydroxyl groups is 1. The van der Waals surface area contributed by atoms with Crippen LogP contribution in [0.5, 0.6) is 11.5 Å². The van der Waals surface area contributed by atoms with Crippen LogP contribution < -0.4 is 10.1 Å². The molecule has 0 aliphatic carbocycles. The number of aryl methyl sites for hydroxylation is 2. The highest BCUT2D eigenvalue weighted by molar-refractivity contribution is 7.89. The number of rotatable bonds is 6. The van der Waals surface area contributed by atoms with Gasteiger partial charge in [0.1, 0.15) is 11.5 Å². The van der Waals surface area contributed by atoms with E-state index in [9.17, 15) is 18.3 Å². The van der Waals surface area contributed by atoms with Crippen molar-refractivity contribution in [3.05, 3.63) is 47.5 Å². The highest BCUT2D eigenvalue weighted by Crippen LogP contribution is 2.29. The maximum absolute atomic E-state index is 12.7. The largest absolute Gasteiger partial charge is 0.506 e. The molecule has 150 valence electrons. The molecule has 1 amide bonds. The van der Waals surface area contributed by atoms with Gasteiger partial charge in [-0.2, -0.15) is 4.31 Å². The number of ether oxygens (including phenoxy) is 1. The van der Waals surface area contributed by atoms with Crippen LogP contribution in [0.25, 0.3) is 0 Å². The summed E-state index contributed by atoms with van der Waals surface area (Å²) in [6.07, 6.45) is 1.66. The van der Waals surface area contributed by atoms with E-state index < -0.39 is 15.9 Å². The van der Waals surface area contributed by atoms with Gasteiger partial charge < -0.3 is 15.2 Å². The number of hydrogen-bond donors (Lipinski definition) is 2. The molecule has 0 unspecified atom stereocenters. The molecule has 0 spiro atoms. The molecule has 0 aromatic heterocycles. The molecule has 2 aromatic carbocycles. The number of hydrogen-bond acceptors (Lipinski definition) is 5. The van der Waals surface area contributed by atoms with Gasteiger partial charge in [-0.25, -0.2) is 8.42 Å². The number of carbonyl (C=O) groups excluding carboxylic acids is 1. The first-order chi connectivity index (χ1) is 13.3. The molecular weight excluding hydrogens is 380 g/mol. The minimum atomic E-state index is -3.64. The summed E-state index contributed by atoms with van der Waals surface area (Å²) in [6.45, 7) is 4.51. The summed E-state index contributed by atoms with van der Waals surface area (Å²) in [6, 6.07) is 9.57. The number of phenolic OH excluding ortho intramolecular Hbond substituents is 1. The van der Waals surface area contributed by atoms with Crippen LogP contribution in [-0.4, -0.2) is 43.4 Å². The summed E-state index contributed by atoms with van der Waals surface area (Å²) < 4.78 is 32.3. The predicted molar refractivity (Wildman–Crippen MR) is 106 cm³/mol. The zero-order chi connectivity index (χ0) is 20.3. The highest BCUT2D eigenvalue weighted by Gasteiger charge is 2.27. The van der Waals surface area contributed by atoms with Crippen molar-refractivity contribution in [2.45, 2.75) is 31.6 Å². The van der Waals surface area contributed by atoms with Crippen molar-refractivity contribution in [3.8, 4) is 11.5 Å². The predicted octanol–water partition coefficient (Wildman–Crippen LogP) is 2.81. The van der Waals surface area contributed by atoms with E-state index in [2.05, 4.69) is 5.32 Å². The third-order valence-corrected chi connectivity index (χ3v) is 6.54. The van der Waals surface area contributed by atoms with Crippen LogP contribution in [0.3, 0.4) is 0 Å². The Hall–Kier alpha value is -2.58. The van der Waals surface area contributed by atoms with Crippen LogP contribution in [0.1, 0.15) is 24.0 Å². The van der Waals surface area contributed by atoms with Gasteiger partial charge in [0, 0.05) is 13.1 Å². The molecule has 7 nitrogen and oxygen atoms in total. The number of benzene rings is 2. The molecule has 28 heavy (non-hydrogen) atoms. The van der Waals surface area contributed by atoms with E-state index >= 15 is 0 Å². The second-order valence-electron chi connectivity index (χ2n) is 6.90. The molecule has 2 aromatic rings. The van der Waals surface area contributed by atoms with E-state index in [1.165, 1.54) is 22.5 Å². The second-order valence-corrected chi connectivity index (χ2v) is 8.83. The van der Waals surface area contributed by atoms with Gasteiger partial charge in [0.15, 0.2) is 6.61 Å². The molecule has 0 radical (unpaired) electrons. The van der Waals surface area contributed by atoms with Gasteiger partial charge in [0.25, 0.3) is 5.91 Å². The zero-order valence-electron chi connectivity index (χ0n) is 15.9. The van der Waals surface area contributed by atoms with Crippen LogP contribution in [0.4, 0.5) is 5.69 Å². The lowest BCUT2D eigenvalue weighted by Gasteiger charge is -2.17. The quantitative estimate of drug-likeness (QED) is 0.722. The number of nitrogens with one attached hydrogen (secondary N) is 1. The monoisotopic (exact) mass is 404 g/mol. The number of anilines is 1. The van der Waals surface area contributed by atoms with Gasteiger partial charge in [-0.15, -0.1) is 0 Å². The molecule has 0 saturated carbocycles. The minimum Gasteiger partial charge on any atom is -0.506 e. The van der Waals surface area contributed by atoms with Crippen LogP contribution in [0.2, 0.25) is 0 Å². The summed E-state index contributed by atoms with van der Waals surface area (Å²) >= 11 is 0.